The van der Waals surface area contributed by atoms with Crippen molar-refractivity contribution >= 4 is 17.5 Å². The number of hydrogen-bond acceptors (Lipinski definition) is 6. The fraction of sp³-hybridized carbons (Fsp3) is 0.429. The van der Waals surface area contributed by atoms with Gasteiger partial charge in [0.2, 0.25) is 0 Å². The SMILES string of the molecule is CCc1nnc2nc(N3CCN(C(=O)[C@@H](C)Oc4ccccc4)CC3)cc(C)n12. The number of rotatable bonds is 5. The average molecular weight is 394 g/mol. The third-order valence-corrected chi connectivity index (χ3v) is 5.25. The third kappa shape index (κ3) is 3.87. The van der Waals surface area contributed by atoms with E-state index in [-0.39, 0.29) is 5.91 Å². The van der Waals surface area contributed by atoms with Gasteiger partial charge in [-0.1, -0.05) is 25.1 Å². The lowest BCUT2D eigenvalue weighted by molar-refractivity contribution is -0.138. The van der Waals surface area contributed by atoms with Crippen LogP contribution in [0.2, 0.25) is 0 Å². The lowest BCUT2D eigenvalue weighted by atomic mass is 10.2. The van der Waals surface area contributed by atoms with E-state index >= 15 is 0 Å². The van der Waals surface area contributed by atoms with Crippen molar-refractivity contribution in [3.8, 4) is 5.75 Å². The normalized spacial score (nSPS) is 15.6. The fourth-order valence-electron chi connectivity index (χ4n) is 3.68. The number of fused-ring (bicyclic) bond motifs is 1. The van der Waals surface area contributed by atoms with Crippen molar-refractivity contribution in [2.24, 2.45) is 0 Å². The molecular formula is C21H26N6O2. The predicted molar refractivity (Wildman–Crippen MR) is 110 cm³/mol. The molecule has 0 N–H and O–H groups in total. The van der Waals surface area contributed by atoms with E-state index in [1.165, 1.54) is 0 Å². The highest BCUT2D eigenvalue weighted by atomic mass is 16.5. The van der Waals surface area contributed by atoms with Crippen LogP contribution >= 0.6 is 0 Å². The Morgan fingerprint density at radius 2 is 1.86 bits per heavy atom. The smallest absolute Gasteiger partial charge is 0.263 e. The van der Waals surface area contributed by atoms with Gasteiger partial charge in [0.25, 0.3) is 11.7 Å². The van der Waals surface area contributed by atoms with Crippen LogP contribution in [0.15, 0.2) is 36.4 Å². The number of carbonyl (C=O) groups is 1. The summed E-state index contributed by atoms with van der Waals surface area (Å²) in [5, 5.41) is 8.42. The minimum absolute atomic E-state index is 0.0122. The number of aryl methyl sites for hydroxylation is 2. The lowest BCUT2D eigenvalue weighted by Crippen LogP contribution is -2.52. The summed E-state index contributed by atoms with van der Waals surface area (Å²) in [6, 6.07) is 11.5. The van der Waals surface area contributed by atoms with Crippen molar-refractivity contribution in [2.75, 3.05) is 31.1 Å². The Balaban J connectivity index is 1.40. The first kappa shape index (κ1) is 19.2. The molecule has 1 amide bonds. The number of amides is 1. The molecule has 0 radical (unpaired) electrons. The lowest BCUT2D eigenvalue weighted by Gasteiger charge is -2.36. The summed E-state index contributed by atoms with van der Waals surface area (Å²) in [4.78, 5) is 21.5. The highest BCUT2D eigenvalue weighted by molar-refractivity contribution is 5.81. The van der Waals surface area contributed by atoms with Crippen LogP contribution in [0.4, 0.5) is 5.82 Å². The van der Waals surface area contributed by atoms with Crippen LogP contribution < -0.4 is 9.64 Å². The number of hydrogen-bond donors (Lipinski definition) is 0. The highest BCUT2D eigenvalue weighted by Crippen LogP contribution is 2.19. The van der Waals surface area contributed by atoms with E-state index in [9.17, 15) is 4.79 Å². The van der Waals surface area contributed by atoms with Crippen LogP contribution in [0.1, 0.15) is 25.4 Å². The highest BCUT2D eigenvalue weighted by Gasteiger charge is 2.27. The summed E-state index contributed by atoms with van der Waals surface area (Å²) >= 11 is 0. The number of piperazine rings is 1. The molecular weight excluding hydrogens is 368 g/mol. The maximum atomic E-state index is 12.8. The second-order valence-electron chi connectivity index (χ2n) is 7.25. The molecule has 8 nitrogen and oxygen atoms in total. The largest absolute Gasteiger partial charge is 0.481 e. The Bertz CT molecular complexity index is 995. The topological polar surface area (TPSA) is 75.9 Å². The van der Waals surface area contributed by atoms with Crippen molar-refractivity contribution in [1.82, 2.24) is 24.5 Å². The van der Waals surface area contributed by atoms with E-state index in [1.807, 2.05) is 46.6 Å². The molecule has 0 bridgehead atoms. The Morgan fingerprint density at radius 1 is 1.14 bits per heavy atom. The maximum absolute atomic E-state index is 12.8. The summed E-state index contributed by atoms with van der Waals surface area (Å²) in [5.41, 5.74) is 1.07. The van der Waals surface area contributed by atoms with Crippen LogP contribution in [-0.2, 0) is 11.2 Å². The number of nitrogens with zero attached hydrogens (tertiary/aromatic N) is 6. The molecule has 0 aliphatic carbocycles. The van der Waals surface area contributed by atoms with Crippen LogP contribution in [0.5, 0.6) is 5.75 Å². The van der Waals surface area contributed by atoms with E-state index in [0.29, 0.717) is 24.6 Å². The zero-order valence-corrected chi connectivity index (χ0v) is 17.1. The zero-order chi connectivity index (χ0) is 20.4. The molecule has 1 aromatic carbocycles. The summed E-state index contributed by atoms with van der Waals surface area (Å²) in [5.74, 6) is 3.14. The predicted octanol–water partition coefficient (Wildman–Crippen LogP) is 2.11. The van der Waals surface area contributed by atoms with Crippen molar-refractivity contribution in [3.05, 3.63) is 47.9 Å². The number of carbonyl (C=O) groups excluding carboxylic acids is 1. The second kappa shape index (κ2) is 8.06. The average Bonchev–Trinajstić information content (AvgIpc) is 3.18. The Kier molecular flexibility index (Phi) is 5.33. The van der Waals surface area contributed by atoms with Crippen molar-refractivity contribution in [3.63, 3.8) is 0 Å². The molecule has 1 aliphatic heterocycles. The number of para-hydroxylation sites is 1. The molecule has 3 heterocycles. The summed E-state index contributed by atoms with van der Waals surface area (Å²) < 4.78 is 7.77. The Hall–Kier alpha value is -3.16. The standard InChI is InChI=1S/C21H26N6O2/c1-4-18-23-24-21-22-19(14-15(2)27(18)21)25-10-12-26(13-11-25)20(28)16(3)29-17-8-6-5-7-9-17/h5-9,14,16H,4,10-13H2,1-3H3/t16-/m1/s1. The molecule has 1 saturated heterocycles. The first-order valence-electron chi connectivity index (χ1n) is 10.0. The van der Waals surface area contributed by atoms with Crippen LogP contribution in [0, 0.1) is 6.92 Å². The number of anilines is 1. The summed E-state index contributed by atoms with van der Waals surface area (Å²) in [6.07, 6.45) is 0.302. The molecule has 3 aromatic rings. The molecule has 1 atom stereocenters. The molecule has 4 rings (SSSR count). The van der Waals surface area contributed by atoms with Crippen LogP contribution in [0.25, 0.3) is 5.78 Å². The van der Waals surface area contributed by atoms with Gasteiger partial charge >= 0.3 is 0 Å². The number of ether oxygens (including phenoxy) is 1. The van der Waals surface area contributed by atoms with Gasteiger partial charge in [0.05, 0.1) is 0 Å². The number of aromatic nitrogens is 4. The Morgan fingerprint density at radius 3 is 2.55 bits per heavy atom. The second-order valence-corrected chi connectivity index (χ2v) is 7.25. The molecule has 29 heavy (non-hydrogen) atoms. The van der Waals surface area contributed by atoms with E-state index < -0.39 is 6.10 Å². The van der Waals surface area contributed by atoms with Gasteiger partial charge in [0.1, 0.15) is 17.4 Å². The monoisotopic (exact) mass is 394 g/mol. The third-order valence-electron chi connectivity index (χ3n) is 5.25. The summed E-state index contributed by atoms with van der Waals surface area (Å²) in [7, 11) is 0. The Labute approximate surface area is 170 Å². The first-order valence-corrected chi connectivity index (χ1v) is 10.0. The van der Waals surface area contributed by atoms with Gasteiger partial charge in [-0.05, 0) is 26.0 Å². The zero-order valence-electron chi connectivity index (χ0n) is 17.1. The van der Waals surface area contributed by atoms with Gasteiger partial charge < -0.3 is 14.5 Å². The van der Waals surface area contributed by atoms with E-state index in [2.05, 4.69) is 33.1 Å². The minimum atomic E-state index is -0.510. The maximum Gasteiger partial charge on any atom is 0.263 e. The van der Waals surface area contributed by atoms with Gasteiger partial charge in [-0.3, -0.25) is 9.20 Å². The van der Waals surface area contributed by atoms with E-state index in [1.54, 1.807) is 6.92 Å². The molecule has 1 fully saturated rings. The fourth-order valence-corrected chi connectivity index (χ4v) is 3.68. The van der Waals surface area contributed by atoms with E-state index in [4.69, 9.17) is 4.74 Å². The summed E-state index contributed by atoms with van der Waals surface area (Å²) in [6.45, 7) is 8.63. The molecule has 0 saturated carbocycles. The van der Waals surface area contributed by atoms with Gasteiger partial charge in [-0.2, -0.15) is 4.98 Å². The van der Waals surface area contributed by atoms with Gasteiger partial charge in [0, 0.05) is 44.4 Å². The van der Waals surface area contributed by atoms with Gasteiger partial charge in [0.15, 0.2) is 6.10 Å². The van der Waals surface area contributed by atoms with Crippen LogP contribution in [-0.4, -0.2) is 62.7 Å². The van der Waals surface area contributed by atoms with Gasteiger partial charge in [-0.15, -0.1) is 10.2 Å². The molecule has 0 unspecified atom stereocenters. The minimum Gasteiger partial charge on any atom is -0.481 e. The molecule has 1 aliphatic rings. The van der Waals surface area contributed by atoms with Gasteiger partial charge in [-0.25, -0.2) is 0 Å². The van der Waals surface area contributed by atoms with Crippen molar-refractivity contribution < 1.29 is 9.53 Å². The molecule has 2 aromatic heterocycles. The molecule has 152 valence electrons. The molecule has 8 heteroatoms. The van der Waals surface area contributed by atoms with Crippen LogP contribution in [0.3, 0.4) is 0 Å². The molecule has 0 spiro atoms. The number of benzene rings is 1. The quantitative estimate of drug-likeness (QED) is 0.660. The van der Waals surface area contributed by atoms with Crippen molar-refractivity contribution in [2.45, 2.75) is 33.3 Å². The van der Waals surface area contributed by atoms with E-state index in [0.717, 1.165) is 36.8 Å². The van der Waals surface area contributed by atoms with Crippen molar-refractivity contribution in [1.29, 1.82) is 0 Å². The first-order chi connectivity index (χ1) is 14.1.